The van der Waals surface area contributed by atoms with Gasteiger partial charge in [-0.2, -0.15) is 58.9 Å². The zero-order valence-corrected chi connectivity index (χ0v) is 112. The van der Waals surface area contributed by atoms with Crippen molar-refractivity contribution in [2.24, 2.45) is 0 Å². The van der Waals surface area contributed by atoms with Crippen molar-refractivity contribution in [3.05, 3.63) is 18.2 Å². The summed E-state index contributed by atoms with van der Waals surface area (Å²) in [6.45, 7) is 60.0. The number of carbonyl (C=O) groups is 1. The van der Waals surface area contributed by atoms with Gasteiger partial charge in [-0.1, -0.05) is 330 Å². The molecule has 0 saturated heterocycles. The summed E-state index contributed by atoms with van der Waals surface area (Å²) < 4.78 is 246. The molecule has 7 N–H and O–H groups in total. The molecule has 0 bridgehead atoms. The molecule has 3 unspecified atom stereocenters. The molecule has 0 aliphatic carbocycles. The molecule has 1 aromatic carbocycles. The second kappa shape index (κ2) is 74.1. The summed E-state index contributed by atoms with van der Waals surface area (Å²) in [5, 5.41) is 7.70. The Bertz CT molecular complexity index is 4560. The molecule has 0 fully saturated rings. The zero-order valence-electron chi connectivity index (χ0n) is 97.0. The Morgan fingerprint density at radius 3 is 0.597 bits per heavy atom. The van der Waals surface area contributed by atoms with E-state index in [1.54, 1.807) is 9.80 Å². The zero-order chi connectivity index (χ0) is 113. The van der Waals surface area contributed by atoms with Gasteiger partial charge in [0.1, 0.15) is 17.2 Å². The van der Waals surface area contributed by atoms with Crippen LogP contribution in [0, 0.1) is 0 Å². The van der Waals surface area contributed by atoms with Crippen LogP contribution in [0.3, 0.4) is 0 Å². The van der Waals surface area contributed by atoms with Crippen molar-refractivity contribution in [2.75, 3.05) is 172 Å². The van der Waals surface area contributed by atoms with Crippen LogP contribution in [-0.4, -0.2) is 371 Å². The fourth-order valence-corrected chi connectivity index (χ4v) is 53.9. The lowest BCUT2D eigenvalue weighted by atomic mass is 10.2. The number of benzene rings is 1. The summed E-state index contributed by atoms with van der Waals surface area (Å²) in [7, 11) is -45.2. The van der Waals surface area contributed by atoms with Crippen molar-refractivity contribution in [1.29, 1.82) is 0 Å². The first kappa shape index (κ1) is 146. The van der Waals surface area contributed by atoms with E-state index in [0.717, 1.165) is 215 Å². The first-order valence-electron chi connectivity index (χ1n) is 57.1. The largest absolute Gasteiger partial charge is 0.493 e. The number of unbranched alkanes of at least 4 members (excludes halogenated alkanes) is 5. The van der Waals surface area contributed by atoms with Gasteiger partial charge >= 0.3 is 10.1 Å². The van der Waals surface area contributed by atoms with Crippen LogP contribution >= 0.6 is 0 Å². The molecule has 0 aliphatic rings. The normalized spacial score (nSPS) is 14.8. The third-order valence-electron chi connectivity index (χ3n) is 31.2. The van der Waals surface area contributed by atoms with Crippen LogP contribution < -0.4 is 14.2 Å². The molecule has 0 saturated carbocycles. The van der Waals surface area contributed by atoms with Crippen molar-refractivity contribution in [3.8, 4) is 17.2 Å². The van der Waals surface area contributed by atoms with E-state index < -0.39 is 172 Å². The van der Waals surface area contributed by atoms with E-state index in [1.807, 2.05) is 18.2 Å². The first-order valence-corrected chi connectivity index (χ1v) is 98.0. The lowest BCUT2D eigenvalue weighted by molar-refractivity contribution is -0.138. The lowest BCUT2D eigenvalue weighted by Crippen LogP contribution is -2.36. The van der Waals surface area contributed by atoms with E-state index in [-0.39, 0.29) is 44.1 Å². The van der Waals surface area contributed by atoms with Gasteiger partial charge in [0.25, 0.3) is 65.8 Å². The molecule has 1 aromatic rings. The van der Waals surface area contributed by atoms with Gasteiger partial charge in [-0.3, -0.25) is 32.1 Å². The standard InChI is InChI=1S/C101H218N6O26S7Si9/c1-21-47-102(48-22-2)52-34-74-141(6,7)82-42-91-148(19,92-43-83-142(8,9)75-35-53-103(49-23-3)58-46-101(108)140(128,129)133-109)87-32-29-66-131-99-95-98(130-65-28-26-27-31-86-147(18,89-40-80-143(10,11)76-36-54-104(50-24-4)59-68-134(110,111)112)90-41-81-145(14,15)78-38-56-106(61-70-136(116,117)118)62-71-137(119,120)121)96-100(97-99)132-67-30-33-88-149(20,93-44-84-144(12,13)77-37-55-105(51-25-5)60-69-135(113,114)115)94-45-85-146(16,17)79-39-57-107(63-72-138(122,123)124)64-73-139(125,126)127/h95-97,109H,21-94H2,1-20H3,(H,110,111,112)(H,113,114,115)(H,116,117,118)(H,119,120,121)(H,122,123,124)(H,125,126,127). The van der Waals surface area contributed by atoms with Crippen molar-refractivity contribution in [2.45, 2.75) is 427 Å². The average Bonchev–Trinajstić information content (AvgIpc) is 0.793. The van der Waals surface area contributed by atoms with Crippen molar-refractivity contribution < 1.29 is 115 Å². The number of ether oxygens (including phenoxy) is 3. The summed E-state index contributed by atoms with van der Waals surface area (Å²) in [6.07, 6.45) is 25.6. The highest BCUT2D eigenvalue weighted by atomic mass is 32.2. The maximum atomic E-state index is 12.4. The quantitative estimate of drug-likeness (QED) is 0.0105. The van der Waals surface area contributed by atoms with Gasteiger partial charge in [-0.25, -0.2) is 5.26 Å². The Labute approximate surface area is 919 Å². The molecule has 886 valence electrons. The summed E-state index contributed by atoms with van der Waals surface area (Å²) in [4.78, 5) is 24.9. The fraction of sp³-hybridized carbons (Fsp3) is 0.931. The summed E-state index contributed by atoms with van der Waals surface area (Å²) in [6, 6.07) is 31.1. The number of hydrogen-bond acceptors (Lipinski definition) is 26. The van der Waals surface area contributed by atoms with Crippen LogP contribution in [0.15, 0.2) is 18.2 Å². The van der Waals surface area contributed by atoms with Crippen LogP contribution in [0.5, 0.6) is 17.2 Å². The topological polar surface area (TPSA) is 454 Å². The third kappa shape index (κ3) is 81.6. The minimum Gasteiger partial charge on any atom is -0.493 e. The van der Waals surface area contributed by atoms with Crippen molar-refractivity contribution >= 4 is 149 Å². The van der Waals surface area contributed by atoms with Crippen LogP contribution in [-0.2, 0) is 80.0 Å². The van der Waals surface area contributed by atoms with Crippen LogP contribution in [0.1, 0.15) is 202 Å². The minimum absolute atomic E-state index is 0.0338. The maximum Gasteiger partial charge on any atom is 0.357 e. The average molecular weight is 2410 g/mol. The minimum atomic E-state index is -4.64. The highest BCUT2D eigenvalue weighted by Crippen LogP contribution is 2.39. The summed E-state index contributed by atoms with van der Waals surface area (Å²) >= 11 is 0. The number of carbonyl (C=O) groups excluding carboxylic acids is 1. The molecule has 0 heterocycles. The lowest BCUT2D eigenvalue weighted by Gasteiger charge is -2.32. The van der Waals surface area contributed by atoms with Crippen LogP contribution in [0.25, 0.3) is 0 Å². The van der Waals surface area contributed by atoms with Gasteiger partial charge in [-0.05, 0) is 162 Å². The van der Waals surface area contributed by atoms with Crippen LogP contribution in [0.4, 0.5) is 0 Å². The molecular formula is C101H218N6O26S7Si9. The predicted molar refractivity (Wildman–Crippen MR) is 647 cm³/mol. The van der Waals surface area contributed by atoms with Gasteiger partial charge in [0.2, 0.25) is 0 Å². The summed E-state index contributed by atoms with van der Waals surface area (Å²) in [5.74, 6) is -0.493. The SMILES string of the molecule is CCCN(CCC)CCC[Si](C)(C)CCC[Si](C)(CCCCOc1cc(OCCCCCC[Si](C)(CCC[Si](C)(C)CCCN(CCC)CCS(=O)(=O)O)CCC[Si](C)(C)CCCN(CCS(=O)(=O)O)CCS(=O)(=O)O)cc(OCCCC[Si](C)(CCC[Si](C)(C)CCCN(CCC)CCS(=O)(=O)O)CCC[Si](C)(C)CCCN(CCS(=O)(=O)O)CCS(=O)(=O)O)c1)CCC[Si](C)(C)CCCN(CCC)CCC(=O)S(=O)(=O)OO. The Hall–Kier alpha value is -0.668. The Morgan fingerprint density at radius 1 is 0.228 bits per heavy atom. The Morgan fingerprint density at radius 2 is 0.396 bits per heavy atom. The highest BCUT2D eigenvalue weighted by molar-refractivity contribution is 8.01. The van der Waals surface area contributed by atoms with E-state index >= 15 is 0 Å². The van der Waals surface area contributed by atoms with E-state index in [1.165, 1.54) is 137 Å². The van der Waals surface area contributed by atoms with Crippen molar-refractivity contribution in [1.82, 2.24) is 29.4 Å². The predicted octanol–water partition coefficient (Wildman–Crippen LogP) is 23.0. The van der Waals surface area contributed by atoms with E-state index in [0.29, 0.717) is 64.0 Å². The smallest absolute Gasteiger partial charge is 0.357 e. The second-order valence-electron chi connectivity index (χ2n) is 49.8. The Balaban J connectivity index is 3.85. The molecule has 0 spiro atoms. The van der Waals surface area contributed by atoms with E-state index in [2.05, 4.69) is 157 Å². The van der Waals surface area contributed by atoms with Gasteiger partial charge in [-0.15, -0.1) is 4.33 Å². The number of hydrogen-bond donors (Lipinski definition) is 7. The molecular weight excluding hydrogens is 2190 g/mol. The molecule has 0 aliphatic heterocycles. The molecule has 149 heavy (non-hydrogen) atoms. The second-order valence-corrected chi connectivity index (χ2v) is 108. The number of nitrogens with zero attached hydrogens (tertiary/aromatic N) is 6. The molecule has 3 atom stereocenters. The van der Waals surface area contributed by atoms with Crippen molar-refractivity contribution in [3.63, 3.8) is 0 Å². The summed E-state index contributed by atoms with van der Waals surface area (Å²) in [5.41, 5.74) is 0. The van der Waals surface area contributed by atoms with E-state index in [9.17, 15) is 91.0 Å². The van der Waals surface area contributed by atoms with Crippen LogP contribution in [0.2, 0.25) is 225 Å². The van der Waals surface area contributed by atoms with Gasteiger partial charge in [0.05, 0.1) is 78.6 Å². The first-order chi connectivity index (χ1) is 68.9. The van der Waals surface area contributed by atoms with Gasteiger partial charge < -0.3 is 43.6 Å². The maximum absolute atomic E-state index is 12.4. The molecule has 0 radical (unpaired) electrons. The molecule has 0 aromatic heterocycles. The van der Waals surface area contributed by atoms with E-state index in [4.69, 9.17) is 19.5 Å². The van der Waals surface area contributed by atoms with Gasteiger partial charge in [0.15, 0.2) is 0 Å². The third-order valence-corrected chi connectivity index (χ3v) is 70.8. The monoisotopic (exact) mass is 2410 g/mol. The Kier molecular flexibility index (Phi) is 72.8. The molecule has 0 amide bonds. The number of rotatable bonds is 100. The van der Waals surface area contributed by atoms with Gasteiger partial charge in [0, 0.05) is 119 Å². The molecule has 1 rings (SSSR count). The molecule has 32 nitrogen and oxygen atoms in total. The highest BCUT2D eigenvalue weighted by Gasteiger charge is 2.36. The molecule has 48 heteroatoms. The fourth-order valence-electron chi connectivity index (χ4n) is 21.7.